The average molecular weight is 546 g/mol. The first-order valence-electron chi connectivity index (χ1n) is 13.0. The molecule has 0 radical (unpaired) electrons. The predicted octanol–water partition coefficient (Wildman–Crippen LogP) is 2.16. The van der Waals surface area contributed by atoms with Crippen molar-refractivity contribution in [3.63, 3.8) is 0 Å². The molecule has 3 aliphatic carbocycles. The number of esters is 2. The predicted molar refractivity (Wildman–Crippen MR) is 135 cm³/mol. The van der Waals surface area contributed by atoms with Crippen LogP contribution in [0.15, 0.2) is 34.3 Å². The zero-order valence-corrected chi connectivity index (χ0v) is 23.0. The number of carboxylic acid groups (broad SMARTS) is 1. The van der Waals surface area contributed by atoms with E-state index in [1.54, 1.807) is 27.7 Å². The van der Waals surface area contributed by atoms with E-state index in [9.17, 15) is 34.2 Å². The van der Waals surface area contributed by atoms with Crippen molar-refractivity contribution in [2.45, 2.75) is 72.1 Å². The van der Waals surface area contributed by atoms with Gasteiger partial charge in [-0.2, -0.15) is 0 Å². The van der Waals surface area contributed by atoms with Crippen LogP contribution in [0.3, 0.4) is 0 Å². The number of carboxylic acids is 1. The number of methoxy groups -OCH3 is 1. The van der Waals surface area contributed by atoms with Gasteiger partial charge in [0.25, 0.3) is 0 Å². The van der Waals surface area contributed by atoms with E-state index in [0.717, 1.165) is 6.20 Å². The van der Waals surface area contributed by atoms with Crippen LogP contribution in [0.1, 0.15) is 53.9 Å². The summed E-state index contributed by atoms with van der Waals surface area (Å²) in [6.07, 6.45) is -0.124. The summed E-state index contributed by atoms with van der Waals surface area (Å²) in [5, 5.41) is 23.8. The van der Waals surface area contributed by atoms with Gasteiger partial charge < -0.3 is 29.7 Å². The summed E-state index contributed by atoms with van der Waals surface area (Å²) >= 11 is 0. The number of aliphatic hydroxyl groups is 1. The Balaban J connectivity index is 1.98. The molecule has 0 unspecified atom stereocenters. The van der Waals surface area contributed by atoms with E-state index in [1.807, 2.05) is 0 Å². The third-order valence-corrected chi connectivity index (χ3v) is 8.76. The number of nitrogens with one attached hydrogen (secondary N) is 1. The highest BCUT2D eigenvalue weighted by Gasteiger charge is 2.64. The number of aliphatic carboxylic acids is 1. The molecule has 0 spiro atoms. The number of allylic oxidation sites excluding steroid dienone is 1. The summed E-state index contributed by atoms with van der Waals surface area (Å²) in [7, 11) is 1.41. The number of ketones is 2. The van der Waals surface area contributed by atoms with Gasteiger partial charge in [-0.05, 0) is 24.8 Å². The smallest absolute Gasteiger partial charge is 0.340 e. The Labute approximate surface area is 226 Å². The van der Waals surface area contributed by atoms with E-state index in [-0.39, 0.29) is 47.9 Å². The number of ether oxygens (including phenoxy) is 3. The second kappa shape index (κ2) is 9.93. The van der Waals surface area contributed by atoms with Gasteiger partial charge in [0.1, 0.15) is 24.0 Å². The highest BCUT2D eigenvalue weighted by molar-refractivity contribution is 6.14. The molecule has 212 valence electrons. The lowest BCUT2D eigenvalue weighted by atomic mass is 9.53. The van der Waals surface area contributed by atoms with Crippen LogP contribution < -0.4 is 5.32 Å². The first-order chi connectivity index (χ1) is 18.2. The second-order valence-electron chi connectivity index (χ2n) is 11.5. The van der Waals surface area contributed by atoms with Crippen molar-refractivity contribution >= 4 is 29.5 Å². The number of fused-ring (bicyclic) bond motifs is 4. The van der Waals surface area contributed by atoms with Gasteiger partial charge in [-0.15, -0.1) is 0 Å². The molecular formula is C28H35NO10. The highest BCUT2D eigenvalue weighted by Crippen LogP contribution is 2.62. The van der Waals surface area contributed by atoms with E-state index in [0.29, 0.717) is 12.0 Å². The molecule has 4 rings (SSSR count). The lowest BCUT2D eigenvalue weighted by molar-refractivity contribution is -0.160. The minimum Gasteiger partial charge on any atom is -0.504 e. The van der Waals surface area contributed by atoms with Gasteiger partial charge in [0.05, 0.1) is 17.6 Å². The minimum absolute atomic E-state index is 0.0508. The number of aliphatic hydroxyl groups excluding tert-OH is 1. The van der Waals surface area contributed by atoms with Crippen molar-refractivity contribution in [2.24, 2.45) is 22.7 Å². The largest absolute Gasteiger partial charge is 0.504 e. The molecule has 39 heavy (non-hydrogen) atoms. The molecule has 1 saturated carbocycles. The monoisotopic (exact) mass is 545 g/mol. The van der Waals surface area contributed by atoms with Crippen molar-refractivity contribution < 1.29 is 48.4 Å². The molecule has 2 fully saturated rings. The topological polar surface area (TPSA) is 166 Å². The van der Waals surface area contributed by atoms with Crippen LogP contribution in [-0.2, 0) is 38.2 Å². The Morgan fingerprint density at radius 1 is 1.23 bits per heavy atom. The number of Topliss-reactive ketones (excluding diaryl/α,β-unsaturated/α-hetero) is 2. The zero-order chi connectivity index (χ0) is 29.0. The zero-order valence-electron chi connectivity index (χ0n) is 23.0. The Hall–Kier alpha value is -3.47. The first-order valence-corrected chi connectivity index (χ1v) is 13.0. The fourth-order valence-electron chi connectivity index (χ4n) is 6.82. The van der Waals surface area contributed by atoms with Crippen molar-refractivity contribution in [3.8, 4) is 0 Å². The summed E-state index contributed by atoms with van der Waals surface area (Å²) in [6, 6.07) is -1.07. The van der Waals surface area contributed by atoms with Crippen molar-refractivity contribution in [2.75, 3.05) is 13.7 Å². The summed E-state index contributed by atoms with van der Waals surface area (Å²) in [5.74, 6) is -5.03. The van der Waals surface area contributed by atoms with Crippen molar-refractivity contribution in [1.29, 1.82) is 0 Å². The van der Waals surface area contributed by atoms with Crippen LogP contribution in [0, 0.1) is 22.7 Å². The standard InChI is InChI=1S/C28H35NO10/c1-12(2)22(25(34)35)29-10-14-20-24(33)23(32)19-15-7-8-17(31)27(15,4)9-16(38-13(3)30)21(19)28(20,5)18(11-37-6)39-26(14)36/h10,12,15-16,18,22,29,33H,7-9,11H2,1-6H3,(H,34,35)/b14-10-/t15-,16+,18+,22+,27-,28-/m0/s1. The van der Waals surface area contributed by atoms with E-state index in [4.69, 9.17) is 14.2 Å². The SMILES string of the molecule is COC[C@H]1OC(=O)/C(=C\N[C@@H](C(=O)O)C(C)C)C2=C(O)C(=O)C3=C([C@H](OC(C)=O)C[C@]4(C)C(=O)CC[C@@H]34)[C@]21C. The van der Waals surface area contributed by atoms with Gasteiger partial charge in [0.15, 0.2) is 5.76 Å². The fraction of sp³-hybridized carbons (Fsp3) is 0.607. The van der Waals surface area contributed by atoms with Gasteiger partial charge in [-0.3, -0.25) is 14.4 Å². The van der Waals surface area contributed by atoms with Gasteiger partial charge in [0, 0.05) is 55.6 Å². The van der Waals surface area contributed by atoms with Gasteiger partial charge in [-0.25, -0.2) is 9.59 Å². The fourth-order valence-corrected chi connectivity index (χ4v) is 6.82. The Bertz CT molecular complexity index is 1240. The molecule has 0 aromatic rings. The third-order valence-electron chi connectivity index (χ3n) is 8.76. The molecule has 1 aliphatic heterocycles. The number of carbonyl (C=O) groups is 5. The number of hydrogen-bond donors (Lipinski definition) is 3. The normalized spacial score (nSPS) is 34.0. The first kappa shape index (κ1) is 28.5. The minimum atomic E-state index is -1.39. The molecule has 3 N–H and O–H groups in total. The maximum Gasteiger partial charge on any atom is 0.340 e. The van der Waals surface area contributed by atoms with Crippen molar-refractivity contribution in [3.05, 3.63) is 34.3 Å². The summed E-state index contributed by atoms with van der Waals surface area (Å²) in [5.41, 5.74) is -2.08. The van der Waals surface area contributed by atoms with E-state index in [2.05, 4.69) is 5.32 Å². The number of hydrogen-bond acceptors (Lipinski definition) is 10. The van der Waals surface area contributed by atoms with Gasteiger partial charge in [-0.1, -0.05) is 20.8 Å². The highest BCUT2D eigenvalue weighted by atomic mass is 16.6. The molecule has 0 amide bonds. The molecule has 0 aromatic heterocycles. The molecular weight excluding hydrogens is 510 g/mol. The average Bonchev–Trinajstić information content (AvgIpc) is 3.12. The lowest BCUT2D eigenvalue weighted by Gasteiger charge is -2.53. The van der Waals surface area contributed by atoms with Crippen LogP contribution >= 0.6 is 0 Å². The number of cyclic esters (lactones) is 1. The summed E-state index contributed by atoms with van der Waals surface area (Å²) < 4.78 is 16.9. The van der Waals surface area contributed by atoms with Crippen LogP contribution in [0.25, 0.3) is 0 Å². The van der Waals surface area contributed by atoms with E-state index in [1.165, 1.54) is 14.0 Å². The molecule has 11 heteroatoms. The summed E-state index contributed by atoms with van der Waals surface area (Å²) in [6.45, 7) is 7.92. The van der Waals surface area contributed by atoms with E-state index >= 15 is 0 Å². The Morgan fingerprint density at radius 3 is 2.46 bits per heavy atom. The Kier molecular flexibility index (Phi) is 7.26. The maximum absolute atomic E-state index is 13.9. The van der Waals surface area contributed by atoms with Gasteiger partial charge in [0.2, 0.25) is 5.78 Å². The quantitative estimate of drug-likeness (QED) is 0.317. The van der Waals surface area contributed by atoms with Crippen molar-refractivity contribution in [1.82, 2.24) is 5.32 Å². The second-order valence-corrected chi connectivity index (χ2v) is 11.5. The maximum atomic E-state index is 13.9. The van der Waals surface area contributed by atoms with Crippen LogP contribution in [0.4, 0.5) is 0 Å². The molecule has 1 heterocycles. The molecule has 1 saturated heterocycles. The molecule has 0 aromatic carbocycles. The number of rotatable bonds is 7. The molecule has 4 aliphatic rings. The molecule has 6 atom stereocenters. The molecule has 0 bridgehead atoms. The third kappa shape index (κ3) is 4.27. The number of carbonyl (C=O) groups excluding carboxylic acids is 4. The van der Waals surface area contributed by atoms with Crippen LogP contribution in [-0.4, -0.2) is 71.7 Å². The lowest BCUT2D eigenvalue weighted by Crippen LogP contribution is -2.57. The molecule has 11 nitrogen and oxygen atoms in total. The van der Waals surface area contributed by atoms with Crippen LogP contribution in [0.2, 0.25) is 0 Å². The summed E-state index contributed by atoms with van der Waals surface area (Å²) in [4.78, 5) is 64.2. The van der Waals surface area contributed by atoms with E-state index < -0.39 is 64.4 Å². The van der Waals surface area contributed by atoms with Gasteiger partial charge >= 0.3 is 17.9 Å². The Morgan fingerprint density at radius 2 is 1.90 bits per heavy atom. The van der Waals surface area contributed by atoms with Crippen LogP contribution in [0.5, 0.6) is 0 Å².